The van der Waals surface area contributed by atoms with Crippen molar-refractivity contribution in [3.63, 3.8) is 0 Å². The molecule has 0 unspecified atom stereocenters. The molecule has 0 saturated carbocycles. The first kappa shape index (κ1) is 24.2. The van der Waals surface area contributed by atoms with Gasteiger partial charge in [-0.15, -0.1) is 11.8 Å². The summed E-state index contributed by atoms with van der Waals surface area (Å²) in [6, 6.07) is 13.8. The molecule has 0 spiro atoms. The molecule has 3 rings (SSSR count). The molecule has 0 aromatic heterocycles. The molecule has 0 radical (unpaired) electrons. The molecule has 1 heterocycles. The zero-order chi connectivity index (χ0) is 23.5. The summed E-state index contributed by atoms with van der Waals surface area (Å²) in [6.07, 6.45) is 5.92. The van der Waals surface area contributed by atoms with Gasteiger partial charge < -0.3 is 10.2 Å². The molecule has 0 bridgehead atoms. The molecule has 2 aromatic rings. The van der Waals surface area contributed by atoms with Gasteiger partial charge in [-0.3, -0.25) is 19.7 Å². The number of non-ortho nitro benzene ring substituents is 1. The van der Waals surface area contributed by atoms with Crippen molar-refractivity contribution in [3.05, 3.63) is 64.2 Å². The van der Waals surface area contributed by atoms with Crippen molar-refractivity contribution in [1.82, 2.24) is 5.43 Å². The van der Waals surface area contributed by atoms with Gasteiger partial charge in [-0.2, -0.15) is 5.10 Å². The topological polar surface area (TPSA) is 117 Å². The van der Waals surface area contributed by atoms with Crippen molar-refractivity contribution in [2.24, 2.45) is 5.10 Å². The summed E-state index contributed by atoms with van der Waals surface area (Å²) in [7, 11) is 0. The average molecular weight is 470 g/mol. The minimum atomic E-state index is -0.445. The first-order chi connectivity index (χ1) is 16.0. The second-order valence-electron chi connectivity index (χ2n) is 7.60. The maximum Gasteiger partial charge on any atom is 0.270 e. The molecule has 33 heavy (non-hydrogen) atoms. The van der Waals surface area contributed by atoms with Crippen LogP contribution in [0.3, 0.4) is 0 Å². The SMILES string of the molecule is O=C(CSCC(=O)Nc1ccccc1)NN=Cc1cc([N+](=O)[O-])ccc1N1CCCCCC1. The number of para-hydroxylation sites is 1. The normalized spacial score (nSPS) is 14.0. The smallest absolute Gasteiger partial charge is 0.270 e. The van der Waals surface area contributed by atoms with E-state index in [4.69, 9.17) is 0 Å². The van der Waals surface area contributed by atoms with Crippen molar-refractivity contribution in [2.75, 3.05) is 34.8 Å². The highest BCUT2D eigenvalue weighted by Crippen LogP contribution is 2.26. The largest absolute Gasteiger partial charge is 0.371 e. The van der Waals surface area contributed by atoms with Crippen LogP contribution in [0.25, 0.3) is 0 Å². The Morgan fingerprint density at radius 1 is 1.03 bits per heavy atom. The van der Waals surface area contributed by atoms with Gasteiger partial charge in [0.1, 0.15) is 0 Å². The van der Waals surface area contributed by atoms with Gasteiger partial charge in [0.2, 0.25) is 11.8 Å². The standard InChI is InChI=1S/C23H27N5O4S/c29-22(25-19-8-4-3-5-9-19)16-33-17-23(30)26-24-15-18-14-20(28(31)32)10-11-21(18)27-12-6-1-2-7-13-27/h3-5,8-11,14-15H,1-2,6-7,12-13,16-17H2,(H,25,29)(H,26,30). The number of thioether (sulfide) groups is 1. The molecule has 1 fully saturated rings. The summed E-state index contributed by atoms with van der Waals surface area (Å²) in [5.41, 5.74) is 4.56. The van der Waals surface area contributed by atoms with Crippen LogP contribution in [0.4, 0.5) is 17.1 Å². The van der Waals surface area contributed by atoms with Crippen LogP contribution in [-0.4, -0.2) is 47.5 Å². The number of nitro groups is 1. The summed E-state index contributed by atoms with van der Waals surface area (Å²) in [5.74, 6) is -0.351. The van der Waals surface area contributed by atoms with Crippen LogP contribution in [0.15, 0.2) is 53.6 Å². The van der Waals surface area contributed by atoms with Crippen LogP contribution in [0.5, 0.6) is 0 Å². The summed E-state index contributed by atoms with van der Waals surface area (Å²) in [6.45, 7) is 1.76. The predicted octanol–water partition coefficient (Wildman–Crippen LogP) is 3.80. The second kappa shape index (κ2) is 12.6. The number of nitrogens with zero attached hydrogens (tertiary/aromatic N) is 3. The second-order valence-corrected chi connectivity index (χ2v) is 8.59. The van der Waals surface area contributed by atoms with E-state index < -0.39 is 4.92 Å². The minimum absolute atomic E-state index is 0.0265. The van der Waals surface area contributed by atoms with Gasteiger partial charge in [-0.1, -0.05) is 31.0 Å². The van der Waals surface area contributed by atoms with E-state index in [2.05, 4.69) is 20.7 Å². The minimum Gasteiger partial charge on any atom is -0.371 e. The molecule has 174 valence electrons. The monoisotopic (exact) mass is 469 g/mol. The Balaban J connectivity index is 1.53. The van der Waals surface area contributed by atoms with Crippen molar-refractivity contribution in [1.29, 1.82) is 0 Å². The molecule has 2 aromatic carbocycles. The Kier molecular flexibility index (Phi) is 9.25. The van der Waals surface area contributed by atoms with Gasteiger partial charge in [0, 0.05) is 42.2 Å². The lowest BCUT2D eigenvalue weighted by molar-refractivity contribution is -0.384. The fraction of sp³-hybridized carbons (Fsp3) is 0.348. The van der Waals surface area contributed by atoms with E-state index in [0.717, 1.165) is 31.6 Å². The molecule has 9 nitrogen and oxygen atoms in total. The number of carbonyl (C=O) groups is 2. The molecule has 1 aliphatic rings. The van der Waals surface area contributed by atoms with Gasteiger partial charge >= 0.3 is 0 Å². The molecule has 10 heteroatoms. The van der Waals surface area contributed by atoms with Gasteiger partial charge in [0.25, 0.3) is 5.69 Å². The quantitative estimate of drug-likeness (QED) is 0.328. The van der Waals surface area contributed by atoms with E-state index in [1.807, 2.05) is 18.2 Å². The summed E-state index contributed by atoms with van der Waals surface area (Å²) >= 11 is 1.17. The highest BCUT2D eigenvalue weighted by Gasteiger charge is 2.16. The van der Waals surface area contributed by atoms with Crippen LogP contribution in [0, 0.1) is 10.1 Å². The van der Waals surface area contributed by atoms with Gasteiger partial charge in [0.15, 0.2) is 0 Å². The van der Waals surface area contributed by atoms with Crippen LogP contribution < -0.4 is 15.6 Å². The third kappa shape index (κ3) is 7.90. The Hall–Kier alpha value is -3.40. The number of benzene rings is 2. The predicted molar refractivity (Wildman–Crippen MR) is 132 cm³/mol. The van der Waals surface area contributed by atoms with E-state index in [-0.39, 0.29) is 29.0 Å². The molecule has 2 amide bonds. The third-order valence-corrected chi connectivity index (χ3v) is 6.02. The molecule has 1 saturated heterocycles. The van der Waals surface area contributed by atoms with Gasteiger partial charge in [0.05, 0.1) is 22.6 Å². The first-order valence-corrected chi connectivity index (χ1v) is 12.0. The summed E-state index contributed by atoms with van der Waals surface area (Å²) in [5, 5.41) is 18.0. The zero-order valence-electron chi connectivity index (χ0n) is 18.2. The number of rotatable bonds is 9. The van der Waals surface area contributed by atoms with Crippen LogP contribution in [-0.2, 0) is 9.59 Å². The van der Waals surface area contributed by atoms with E-state index in [1.54, 1.807) is 18.2 Å². The van der Waals surface area contributed by atoms with Crippen molar-refractivity contribution < 1.29 is 14.5 Å². The van der Waals surface area contributed by atoms with E-state index in [1.165, 1.54) is 43.0 Å². The molecular weight excluding hydrogens is 442 g/mol. The number of carbonyl (C=O) groups excluding carboxylic acids is 2. The first-order valence-electron chi connectivity index (χ1n) is 10.8. The van der Waals surface area contributed by atoms with Gasteiger partial charge in [-0.05, 0) is 31.0 Å². The Morgan fingerprint density at radius 2 is 1.73 bits per heavy atom. The Morgan fingerprint density at radius 3 is 2.42 bits per heavy atom. The fourth-order valence-electron chi connectivity index (χ4n) is 3.52. The van der Waals surface area contributed by atoms with E-state index >= 15 is 0 Å². The third-order valence-electron chi connectivity index (χ3n) is 5.09. The van der Waals surface area contributed by atoms with E-state index in [0.29, 0.717) is 11.3 Å². The lowest BCUT2D eigenvalue weighted by Crippen LogP contribution is -2.25. The Labute approximate surface area is 196 Å². The number of nitrogens with one attached hydrogen (secondary N) is 2. The van der Waals surface area contributed by atoms with Crippen LogP contribution in [0.2, 0.25) is 0 Å². The lowest BCUT2D eigenvalue weighted by Gasteiger charge is -2.24. The molecule has 0 atom stereocenters. The zero-order valence-corrected chi connectivity index (χ0v) is 19.1. The highest BCUT2D eigenvalue weighted by molar-refractivity contribution is 8.00. The average Bonchev–Trinajstić information content (AvgIpc) is 3.09. The van der Waals surface area contributed by atoms with E-state index in [9.17, 15) is 19.7 Å². The maximum atomic E-state index is 12.1. The highest BCUT2D eigenvalue weighted by atomic mass is 32.2. The number of hydrazone groups is 1. The number of hydrogen-bond donors (Lipinski definition) is 2. The number of hydrogen-bond acceptors (Lipinski definition) is 7. The van der Waals surface area contributed by atoms with Gasteiger partial charge in [-0.25, -0.2) is 5.43 Å². The summed E-state index contributed by atoms with van der Waals surface area (Å²) < 4.78 is 0. The molecule has 1 aliphatic heterocycles. The van der Waals surface area contributed by atoms with Crippen molar-refractivity contribution in [2.45, 2.75) is 25.7 Å². The lowest BCUT2D eigenvalue weighted by atomic mass is 10.1. The Bertz CT molecular complexity index is 992. The number of amides is 2. The van der Waals surface area contributed by atoms with Crippen LogP contribution >= 0.6 is 11.8 Å². The molecule has 2 N–H and O–H groups in total. The number of anilines is 2. The van der Waals surface area contributed by atoms with Crippen molar-refractivity contribution >= 4 is 46.9 Å². The van der Waals surface area contributed by atoms with Crippen LogP contribution in [0.1, 0.15) is 31.2 Å². The molecule has 0 aliphatic carbocycles. The van der Waals surface area contributed by atoms with Crippen molar-refractivity contribution in [3.8, 4) is 0 Å². The maximum absolute atomic E-state index is 12.1. The fourth-order valence-corrected chi connectivity index (χ4v) is 4.13. The molecular formula is C23H27N5O4S. The summed E-state index contributed by atoms with van der Waals surface area (Å²) in [4.78, 5) is 37.0. The number of nitro benzene ring substituents is 1.